The highest BCUT2D eigenvalue weighted by Gasteiger charge is 2.27. The molecule has 0 fully saturated rings. The van der Waals surface area contributed by atoms with Crippen LogP contribution in [0.5, 0.6) is 5.75 Å². The highest BCUT2D eigenvalue weighted by Crippen LogP contribution is 2.34. The van der Waals surface area contributed by atoms with Crippen LogP contribution in [-0.2, 0) is 0 Å². The van der Waals surface area contributed by atoms with Crippen molar-refractivity contribution in [3.8, 4) is 5.75 Å². The Bertz CT molecular complexity index is 322. The van der Waals surface area contributed by atoms with Crippen LogP contribution in [0.2, 0.25) is 0 Å². The SMILES string of the molecule is CC(C)[C@H]1C[C@@H](N)c2ccccc2O1. The molecule has 0 bridgehead atoms. The van der Waals surface area contributed by atoms with Gasteiger partial charge in [0.1, 0.15) is 11.9 Å². The molecule has 2 N–H and O–H groups in total. The van der Waals surface area contributed by atoms with Crippen LogP contribution in [-0.4, -0.2) is 6.10 Å². The molecule has 0 aromatic heterocycles. The molecule has 1 aliphatic rings. The van der Waals surface area contributed by atoms with Crippen LogP contribution in [0.3, 0.4) is 0 Å². The molecule has 0 spiro atoms. The normalized spacial score (nSPS) is 25.7. The van der Waals surface area contributed by atoms with Gasteiger partial charge < -0.3 is 10.5 Å². The van der Waals surface area contributed by atoms with Crippen molar-refractivity contribution in [1.82, 2.24) is 0 Å². The first-order valence-electron chi connectivity index (χ1n) is 5.19. The maximum atomic E-state index is 6.09. The topological polar surface area (TPSA) is 35.2 Å². The van der Waals surface area contributed by atoms with E-state index in [-0.39, 0.29) is 12.1 Å². The Morgan fingerprint density at radius 1 is 1.36 bits per heavy atom. The van der Waals surface area contributed by atoms with E-state index in [9.17, 15) is 0 Å². The summed E-state index contributed by atoms with van der Waals surface area (Å²) in [7, 11) is 0. The van der Waals surface area contributed by atoms with Gasteiger partial charge in [0.2, 0.25) is 0 Å². The van der Waals surface area contributed by atoms with E-state index in [4.69, 9.17) is 10.5 Å². The van der Waals surface area contributed by atoms with Gasteiger partial charge in [0.25, 0.3) is 0 Å². The monoisotopic (exact) mass is 191 g/mol. The van der Waals surface area contributed by atoms with Gasteiger partial charge in [0.05, 0.1) is 0 Å². The zero-order valence-corrected chi connectivity index (χ0v) is 8.73. The average Bonchev–Trinajstić information content (AvgIpc) is 2.17. The molecule has 2 nitrogen and oxygen atoms in total. The molecular weight excluding hydrogens is 174 g/mol. The molecule has 76 valence electrons. The van der Waals surface area contributed by atoms with Gasteiger partial charge in [-0.15, -0.1) is 0 Å². The summed E-state index contributed by atoms with van der Waals surface area (Å²) in [4.78, 5) is 0. The van der Waals surface area contributed by atoms with Crippen molar-refractivity contribution in [2.24, 2.45) is 11.7 Å². The second-order valence-electron chi connectivity index (χ2n) is 4.28. The lowest BCUT2D eigenvalue weighted by atomic mass is 9.92. The van der Waals surface area contributed by atoms with Crippen molar-refractivity contribution in [3.05, 3.63) is 29.8 Å². The van der Waals surface area contributed by atoms with Crippen LogP contribution in [0.4, 0.5) is 0 Å². The third-order valence-electron chi connectivity index (χ3n) is 2.83. The quantitative estimate of drug-likeness (QED) is 0.740. The second kappa shape index (κ2) is 3.62. The Morgan fingerprint density at radius 2 is 2.07 bits per heavy atom. The number of para-hydroxylation sites is 1. The first-order valence-corrected chi connectivity index (χ1v) is 5.19. The van der Waals surface area contributed by atoms with Crippen LogP contribution >= 0.6 is 0 Å². The van der Waals surface area contributed by atoms with E-state index in [2.05, 4.69) is 19.9 Å². The molecule has 1 aromatic carbocycles. The highest BCUT2D eigenvalue weighted by atomic mass is 16.5. The first-order chi connectivity index (χ1) is 6.68. The van der Waals surface area contributed by atoms with Crippen molar-refractivity contribution in [2.75, 3.05) is 0 Å². The van der Waals surface area contributed by atoms with E-state index in [1.807, 2.05) is 18.2 Å². The first kappa shape index (κ1) is 9.53. The van der Waals surface area contributed by atoms with E-state index < -0.39 is 0 Å². The molecule has 0 saturated heterocycles. The number of hydrogen-bond donors (Lipinski definition) is 1. The molecule has 0 unspecified atom stereocenters. The summed E-state index contributed by atoms with van der Waals surface area (Å²) in [6.07, 6.45) is 1.19. The van der Waals surface area contributed by atoms with Crippen molar-refractivity contribution >= 4 is 0 Å². The molecule has 0 amide bonds. The van der Waals surface area contributed by atoms with Crippen molar-refractivity contribution < 1.29 is 4.74 Å². The summed E-state index contributed by atoms with van der Waals surface area (Å²) in [5.74, 6) is 1.49. The van der Waals surface area contributed by atoms with Crippen molar-refractivity contribution in [3.63, 3.8) is 0 Å². The zero-order chi connectivity index (χ0) is 10.1. The standard InChI is InChI=1S/C12H17NO/c1-8(2)12-7-10(13)9-5-3-4-6-11(9)14-12/h3-6,8,10,12H,7,13H2,1-2H3/t10-,12-/m1/s1. The maximum Gasteiger partial charge on any atom is 0.124 e. The number of rotatable bonds is 1. The average molecular weight is 191 g/mol. The molecule has 2 heteroatoms. The molecule has 14 heavy (non-hydrogen) atoms. The fourth-order valence-electron chi connectivity index (χ4n) is 1.89. The smallest absolute Gasteiger partial charge is 0.124 e. The number of benzene rings is 1. The van der Waals surface area contributed by atoms with Gasteiger partial charge in [0.15, 0.2) is 0 Å². The number of nitrogens with two attached hydrogens (primary N) is 1. The van der Waals surface area contributed by atoms with Gasteiger partial charge in [-0.1, -0.05) is 32.0 Å². The van der Waals surface area contributed by atoms with Crippen LogP contribution in [0.1, 0.15) is 31.9 Å². The lowest BCUT2D eigenvalue weighted by Crippen LogP contribution is -2.33. The highest BCUT2D eigenvalue weighted by molar-refractivity contribution is 5.37. The molecule has 0 radical (unpaired) electrons. The second-order valence-corrected chi connectivity index (χ2v) is 4.28. The lowest BCUT2D eigenvalue weighted by molar-refractivity contribution is 0.115. The number of ether oxygens (including phenoxy) is 1. The minimum atomic E-state index is 0.132. The Morgan fingerprint density at radius 3 is 2.79 bits per heavy atom. The summed E-state index contributed by atoms with van der Waals surface area (Å²) < 4.78 is 5.88. The van der Waals surface area contributed by atoms with Gasteiger partial charge in [-0.3, -0.25) is 0 Å². The zero-order valence-electron chi connectivity index (χ0n) is 8.73. The predicted octanol–water partition coefficient (Wildman–Crippen LogP) is 2.49. The maximum absolute atomic E-state index is 6.09. The molecular formula is C12H17NO. The molecule has 0 aliphatic carbocycles. The van der Waals surface area contributed by atoms with Gasteiger partial charge in [-0.2, -0.15) is 0 Å². The molecule has 2 rings (SSSR count). The van der Waals surface area contributed by atoms with Gasteiger partial charge in [-0.25, -0.2) is 0 Å². The predicted molar refractivity (Wildman–Crippen MR) is 57.2 cm³/mol. The van der Waals surface area contributed by atoms with Crippen molar-refractivity contribution in [2.45, 2.75) is 32.4 Å². The summed E-state index contributed by atoms with van der Waals surface area (Å²) in [5.41, 5.74) is 7.24. The summed E-state index contributed by atoms with van der Waals surface area (Å²) in [5, 5.41) is 0. The van der Waals surface area contributed by atoms with Crippen LogP contribution < -0.4 is 10.5 Å². The molecule has 1 aromatic rings. The van der Waals surface area contributed by atoms with Gasteiger partial charge in [-0.05, 0) is 12.0 Å². The Hall–Kier alpha value is -1.02. The van der Waals surface area contributed by atoms with E-state index in [0.29, 0.717) is 5.92 Å². The number of fused-ring (bicyclic) bond motifs is 1. The number of hydrogen-bond acceptors (Lipinski definition) is 2. The largest absolute Gasteiger partial charge is 0.490 e. The molecule has 2 atom stereocenters. The summed E-state index contributed by atoms with van der Waals surface area (Å²) in [6.45, 7) is 4.34. The van der Waals surface area contributed by atoms with Gasteiger partial charge >= 0.3 is 0 Å². The van der Waals surface area contributed by atoms with Crippen LogP contribution in [0.25, 0.3) is 0 Å². The van der Waals surface area contributed by atoms with Crippen LogP contribution in [0, 0.1) is 5.92 Å². The van der Waals surface area contributed by atoms with E-state index in [1.54, 1.807) is 0 Å². The summed E-state index contributed by atoms with van der Waals surface area (Å²) >= 11 is 0. The van der Waals surface area contributed by atoms with E-state index in [0.717, 1.165) is 17.7 Å². The van der Waals surface area contributed by atoms with E-state index >= 15 is 0 Å². The molecule has 1 aliphatic heterocycles. The lowest BCUT2D eigenvalue weighted by Gasteiger charge is -2.32. The third kappa shape index (κ3) is 1.62. The van der Waals surface area contributed by atoms with Gasteiger partial charge in [0, 0.05) is 18.0 Å². The molecule has 0 saturated carbocycles. The Balaban J connectivity index is 2.29. The Labute approximate surface area is 85.1 Å². The summed E-state index contributed by atoms with van der Waals surface area (Å²) in [6, 6.07) is 8.19. The minimum Gasteiger partial charge on any atom is -0.490 e. The fraction of sp³-hybridized carbons (Fsp3) is 0.500. The third-order valence-corrected chi connectivity index (χ3v) is 2.83. The Kier molecular flexibility index (Phi) is 2.46. The van der Waals surface area contributed by atoms with Crippen LogP contribution in [0.15, 0.2) is 24.3 Å². The molecule has 1 heterocycles. The van der Waals surface area contributed by atoms with Crippen molar-refractivity contribution in [1.29, 1.82) is 0 Å². The fourth-order valence-corrected chi connectivity index (χ4v) is 1.89. The minimum absolute atomic E-state index is 0.132. The van der Waals surface area contributed by atoms with E-state index in [1.165, 1.54) is 0 Å².